The van der Waals surface area contributed by atoms with Crippen LogP contribution in [0.1, 0.15) is 11.1 Å². The van der Waals surface area contributed by atoms with E-state index in [4.69, 9.17) is 5.26 Å². The van der Waals surface area contributed by atoms with Crippen molar-refractivity contribution in [2.45, 2.75) is 6.54 Å². The first-order valence-corrected chi connectivity index (χ1v) is 8.12. The fraction of sp³-hybridized carbons (Fsp3) is 0.0952. The second-order valence-corrected chi connectivity index (χ2v) is 5.79. The van der Waals surface area contributed by atoms with Crippen LogP contribution in [-0.4, -0.2) is 9.13 Å². The molecule has 0 saturated carbocycles. The van der Waals surface area contributed by atoms with Gasteiger partial charge in [0.2, 0.25) is 0 Å². The van der Waals surface area contributed by atoms with Crippen molar-refractivity contribution in [2.24, 2.45) is 7.05 Å². The van der Waals surface area contributed by atoms with Gasteiger partial charge in [-0.3, -0.25) is 14.2 Å². The van der Waals surface area contributed by atoms with E-state index in [-0.39, 0.29) is 28.4 Å². The first-order valence-electron chi connectivity index (χ1n) is 8.12. The van der Waals surface area contributed by atoms with Crippen LogP contribution < -0.4 is 21.8 Å². The third-order valence-corrected chi connectivity index (χ3v) is 4.07. The number of nitrogens with zero attached hydrogens (tertiary/aromatic N) is 3. The van der Waals surface area contributed by atoms with Crippen molar-refractivity contribution in [1.82, 2.24) is 9.13 Å². The number of nitriles is 1. The molecule has 0 fully saturated rings. The Morgan fingerprint density at radius 2 is 1.35 bits per heavy atom. The molecule has 0 aliphatic rings. The first kappa shape index (κ1) is 17.2. The molecule has 26 heavy (non-hydrogen) atoms. The molecule has 1 aromatic heterocycles. The molecule has 0 amide bonds. The number of rotatable bonds is 3. The van der Waals surface area contributed by atoms with E-state index < -0.39 is 0 Å². The minimum atomic E-state index is -0.375. The van der Waals surface area contributed by atoms with Gasteiger partial charge in [-0.1, -0.05) is 60.7 Å². The molecular weight excluding hydrogens is 326 g/mol. The van der Waals surface area contributed by atoms with Crippen molar-refractivity contribution in [1.29, 1.82) is 5.26 Å². The van der Waals surface area contributed by atoms with Gasteiger partial charge < -0.3 is 4.57 Å². The van der Waals surface area contributed by atoms with Crippen LogP contribution in [0.4, 0.5) is 0 Å². The Morgan fingerprint density at radius 3 is 1.85 bits per heavy atom. The van der Waals surface area contributed by atoms with Gasteiger partial charge in [0.05, 0.1) is 6.07 Å². The highest BCUT2D eigenvalue weighted by Gasteiger charge is 2.08. The fourth-order valence-corrected chi connectivity index (χ4v) is 2.73. The minimum Gasteiger partial charge on any atom is -0.305 e. The van der Waals surface area contributed by atoms with Gasteiger partial charge in [-0.2, -0.15) is 5.26 Å². The Morgan fingerprint density at radius 1 is 0.846 bits per heavy atom. The van der Waals surface area contributed by atoms with Gasteiger partial charge in [0.25, 0.3) is 11.1 Å². The van der Waals surface area contributed by atoms with Gasteiger partial charge in [0, 0.05) is 7.05 Å². The molecule has 3 rings (SSSR count). The highest BCUT2D eigenvalue weighted by atomic mass is 16.1. The molecule has 1 heterocycles. The smallest absolute Gasteiger partial charge is 0.276 e. The van der Waals surface area contributed by atoms with E-state index >= 15 is 0 Å². The van der Waals surface area contributed by atoms with E-state index in [9.17, 15) is 9.59 Å². The first-order chi connectivity index (χ1) is 12.6. The highest BCUT2D eigenvalue weighted by Crippen LogP contribution is 1.98. The predicted octanol–water partition coefficient (Wildman–Crippen LogP) is 0.728. The van der Waals surface area contributed by atoms with Gasteiger partial charge in [-0.05, 0) is 23.3 Å². The maximum Gasteiger partial charge on any atom is 0.276 e. The average molecular weight is 343 g/mol. The summed E-state index contributed by atoms with van der Waals surface area (Å²) < 4.78 is 2.56. The Balaban J connectivity index is 2.39. The molecule has 0 saturated heterocycles. The molecule has 3 aromatic rings. The van der Waals surface area contributed by atoms with Crippen LogP contribution in [0.15, 0.2) is 70.3 Å². The summed E-state index contributed by atoms with van der Waals surface area (Å²) in [7, 11) is 1.57. The Hall–Kier alpha value is -3.65. The van der Waals surface area contributed by atoms with Crippen LogP contribution in [0, 0.1) is 11.3 Å². The summed E-state index contributed by atoms with van der Waals surface area (Å²) in [5.74, 6) is 0. The van der Waals surface area contributed by atoms with E-state index in [2.05, 4.69) is 0 Å². The largest absolute Gasteiger partial charge is 0.305 e. The molecule has 0 bridgehead atoms. The van der Waals surface area contributed by atoms with Crippen LogP contribution >= 0.6 is 0 Å². The lowest BCUT2D eigenvalue weighted by molar-refractivity contribution is 0.667. The fourth-order valence-electron chi connectivity index (χ4n) is 2.73. The number of hydrogen-bond acceptors (Lipinski definition) is 3. The molecule has 5 heteroatoms. The molecule has 0 aliphatic heterocycles. The zero-order valence-electron chi connectivity index (χ0n) is 14.3. The Bertz CT molecular complexity index is 1200. The van der Waals surface area contributed by atoms with E-state index in [1.807, 2.05) is 66.7 Å². The third kappa shape index (κ3) is 3.40. The third-order valence-electron chi connectivity index (χ3n) is 4.07. The zero-order chi connectivity index (χ0) is 18.5. The highest BCUT2D eigenvalue weighted by molar-refractivity contribution is 5.49. The van der Waals surface area contributed by atoms with Crippen molar-refractivity contribution in [2.75, 3.05) is 0 Å². The quantitative estimate of drug-likeness (QED) is 0.704. The number of aromatic nitrogens is 2. The van der Waals surface area contributed by atoms with Crippen molar-refractivity contribution in [3.8, 4) is 6.07 Å². The standard InChI is InChI=1S/C21H17N3O2/c1-23-18(14-16-8-4-2-5-9-16)21(26)24(13-12-22)19(20(23)25)15-17-10-6-3-7-11-17/h2-11,14-15H,13H2,1H3. The Labute approximate surface area is 150 Å². The lowest BCUT2D eigenvalue weighted by Crippen LogP contribution is -2.57. The lowest BCUT2D eigenvalue weighted by Gasteiger charge is -2.07. The summed E-state index contributed by atoms with van der Waals surface area (Å²) in [4.78, 5) is 25.8. The van der Waals surface area contributed by atoms with Gasteiger partial charge in [-0.15, -0.1) is 0 Å². The van der Waals surface area contributed by atoms with E-state index in [1.54, 1.807) is 19.2 Å². The van der Waals surface area contributed by atoms with E-state index in [1.165, 1.54) is 9.13 Å². The molecule has 0 atom stereocenters. The van der Waals surface area contributed by atoms with Gasteiger partial charge in [0.15, 0.2) is 0 Å². The summed E-state index contributed by atoms with van der Waals surface area (Å²) in [5, 5.41) is 9.56. The zero-order valence-corrected chi connectivity index (χ0v) is 14.3. The molecule has 5 nitrogen and oxygen atoms in total. The summed E-state index contributed by atoms with van der Waals surface area (Å²) >= 11 is 0. The number of hydrogen-bond donors (Lipinski definition) is 0. The molecule has 0 aliphatic carbocycles. The summed E-state index contributed by atoms with van der Waals surface area (Å²) in [6.45, 7) is -0.191. The summed E-state index contributed by atoms with van der Waals surface area (Å²) in [5.41, 5.74) is 0.893. The lowest BCUT2D eigenvalue weighted by atomic mass is 10.2. The summed E-state index contributed by atoms with van der Waals surface area (Å²) in [6, 6.07) is 20.5. The molecule has 0 spiro atoms. The number of benzene rings is 2. The maximum atomic E-state index is 12.9. The van der Waals surface area contributed by atoms with Gasteiger partial charge >= 0.3 is 0 Å². The van der Waals surface area contributed by atoms with Crippen molar-refractivity contribution in [3.63, 3.8) is 0 Å². The van der Waals surface area contributed by atoms with Crippen molar-refractivity contribution < 1.29 is 0 Å². The van der Waals surface area contributed by atoms with Gasteiger partial charge in [-0.25, -0.2) is 0 Å². The molecule has 0 N–H and O–H groups in total. The van der Waals surface area contributed by atoms with Crippen molar-refractivity contribution >= 4 is 12.2 Å². The molecule has 2 aromatic carbocycles. The second kappa shape index (κ2) is 7.49. The monoisotopic (exact) mass is 343 g/mol. The SMILES string of the molecule is Cn1c(=O)c(=Cc2ccccc2)n(CC#N)c(=O)c1=Cc1ccccc1. The molecule has 0 radical (unpaired) electrons. The van der Waals surface area contributed by atoms with Crippen LogP contribution in [0.2, 0.25) is 0 Å². The molecule has 0 unspecified atom stereocenters. The maximum absolute atomic E-state index is 12.9. The van der Waals surface area contributed by atoms with Gasteiger partial charge in [0.1, 0.15) is 17.2 Å². The van der Waals surface area contributed by atoms with Crippen LogP contribution in [0.3, 0.4) is 0 Å². The Kier molecular flexibility index (Phi) is 4.95. The molecular formula is C21H17N3O2. The van der Waals surface area contributed by atoms with E-state index in [0.29, 0.717) is 0 Å². The molecule has 128 valence electrons. The average Bonchev–Trinajstić information content (AvgIpc) is 2.68. The normalized spacial score (nSPS) is 12.2. The van der Waals surface area contributed by atoms with Crippen LogP contribution in [0.5, 0.6) is 0 Å². The van der Waals surface area contributed by atoms with Crippen LogP contribution in [0.25, 0.3) is 12.2 Å². The van der Waals surface area contributed by atoms with Crippen LogP contribution in [-0.2, 0) is 13.6 Å². The minimum absolute atomic E-state index is 0.190. The predicted molar refractivity (Wildman–Crippen MR) is 101 cm³/mol. The second-order valence-electron chi connectivity index (χ2n) is 5.79. The summed E-state index contributed by atoms with van der Waals surface area (Å²) in [6.07, 6.45) is 3.29. The van der Waals surface area contributed by atoms with Crippen molar-refractivity contribution in [3.05, 3.63) is 103 Å². The topological polar surface area (TPSA) is 67.8 Å². The van der Waals surface area contributed by atoms with E-state index in [0.717, 1.165) is 11.1 Å².